The second-order valence-corrected chi connectivity index (χ2v) is 11.0. The van der Waals surface area contributed by atoms with Gasteiger partial charge in [-0.05, 0) is 87.2 Å². The Morgan fingerprint density at radius 1 is 0.951 bits per heavy atom. The van der Waals surface area contributed by atoms with Gasteiger partial charge in [-0.3, -0.25) is 9.59 Å². The third-order valence-electron chi connectivity index (χ3n) is 8.93. The molecular formula is C34H42N4O3. The zero-order valence-electron chi connectivity index (χ0n) is 24.5. The van der Waals surface area contributed by atoms with Crippen molar-refractivity contribution < 1.29 is 14.3 Å². The highest BCUT2D eigenvalue weighted by molar-refractivity contribution is 5.94. The summed E-state index contributed by atoms with van der Waals surface area (Å²) in [5.41, 5.74) is 3.73. The van der Waals surface area contributed by atoms with Gasteiger partial charge in [-0.1, -0.05) is 42.5 Å². The molecule has 1 unspecified atom stereocenters. The largest absolute Gasteiger partial charge is 0.497 e. The number of piperidine rings is 1. The summed E-state index contributed by atoms with van der Waals surface area (Å²) in [5.74, 6) is 1.22. The van der Waals surface area contributed by atoms with Gasteiger partial charge in [0.05, 0.1) is 13.8 Å². The quantitative estimate of drug-likeness (QED) is 0.377. The van der Waals surface area contributed by atoms with Gasteiger partial charge in [0.25, 0.3) is 5.91 Å². The molecule has 3 aromatic rings. The van der Waals surface area contributed by atoms with Crippen LogP contribution in [0.15, 0.2) is 78.9 Å². The standard InChI is InChI=1S/C34H42N4O3/c1-4-37(5-2)32(39)27-16-14-26(15-17-27)31(28-10-9-13-30(24-28)41-3)18-21-36-22-19-34(20-23-36)33(40)35-25-38(34)29-11-7-6-8-12-29/h6-17,24,31H,4-5,18-23,25H2,1-3H3,(H,35,40). The number of nitrogens with zero attached hydrogens (tertiary/aromatic N) is 3. The Bertz CT molecular complexity index is 1320. The van der Waals surface area contributed by atoms with Crippen molar-refractivity contribution >= 4 is 17.5 Å². The lowest BCUT2D eigenvalue weighted by Gasteiger charge is -2.43. The number of carbonyl (C=O) groups excluding carboxylic acids is 2. The van der Waals surface area contributed by atoms with E-state index in [9.17, 15) is 9.59 Å². The number of likely N-dealkylation sites (tertiary alicyclic amines) is 1. The summed E-state index contributed by atoms with van der Waals surface area (Å²) >= 11 is 0. The van der Waals surface area contributed by atoms with Crippen molar-refractivity contribution in [3.63, 3.8) is 0 Å². The van der Waals surface area contributed by atoms with Crippen LogP contribution in [0.4, 0.5) is 5.69 Å². The second-order valence-electron chi connectivity index (χ2n) is 11.0. The van der Waals surface area contributed by atoms with Crippen LogP contribution in [0.5, 0.6) is 5.75 Å². The number of nitrogens with one attached hydrogen (secondary N) is 1. The van der Waals surface area contributed by atoms with Crippen LogP contribution in [0.1, 0.15) is 60.5 Å². The zero-order chi connectivity index (χ0) is 28.8. The molecule has 7 heteroatoms. The van der Waals surface area contributed by atoms with Crippen LogP contribution in [-0.2, 0) is 4.79 Å². The van der Waals surface area contributed by atoms with Crippen molar-refractivity contribution in [3.8, 4) is 5.75 Å². The van der Waals surface area contributed by atoms with Gasteiger partial charge < -0.3 is 24.8 Å². The molecule has 2 aliphatic rings. The molecule has 0 saturated carbocycles. The first-order chi connectivity index (χ1) is 20.0. The van der Waals surface area contributed by atoms with Crippen LogP contribution < -0.4 is 15.0 Å². The van der Waals surface area contributed by atoms with Gasteiger partial charge >= 0.3 is 0 Å². The Hall–Kier alpha value is -3.84. The molecule has 0 bridgehead atoms. The van der Waals surface area contributed by atoms with Crippen molar-refractivity contribution in [2.24, 2.45) is 0 Å². The molecule has 2 saturated heterocycles. The number of hydrogen-bond donors (Lipinski definition) is 1. The molecular weight excluding hydrogens is 512 g/mol. The molecule has 7 nitrogen and oxygen atoms in total. The van der Waals surface area contributed by atoms with Crippen molar-refractivity contribution in [1.29, 1.82) is 0 Å². The highest BCUT2D eigenvalue weighted by Crippen LogP contribution is 2.37. The van der Waals surface area contributed by atoms with E-state index < -0.39 is 5.54 Å². The molecule has 2 amide bonds. The van der Waals surface area contributed by atoms with Gasteiger partial charge in [-0.25, -0.2) is 0 Å². The van der Waals surface area contributed by atoms with Crippen LogP contribution in [0.25, 0.3) is 0 Å². The molecule has 5 rings (SSSR count). The van der Waals surface area contributed by atoms with E-state index in [1.807, 2.05) is 61.2 Å². The molecule has 2 heterocycles. The van der Waals surface area contributed by atoms with Crippen molar-refractivity contribution in [2.45, 2.75) is 44.6 Å². The molecule has 0 aliphatic carbocycles. The fraction of sp³-hybridized carbons (Fsp3) is 0.412. The monoisotopic (exact) mass is 554 g/mol. The molecule has 1 atom stereocenters. The van der Waals surface area contributed by atoms with E-state index in [0.717, 1.165) is 55.9 Å². The summed E-state index contributed by atoms with van der Waals surface area (Å²) in [6, 6.07) is 26.7. The van der Waals surface area contributed by atoms with Gasteiger partial charge in [0.15, 0.2) is 0 Å². The highest BCUT2D eigenvalue weighted by atomic mass is 16.5. The maximum atomic E-state index is 13.1. The molecule has 2 aliphatic heterocycles. The van der Waals surface area contributed by atoms with Crippen LogP contribution >= 0.6 is 0 Å². The number of rotatable bonds is 10. The van der Waals surface area contributed by atoms with Crippen LogP contribution in [0.3, 0.4) is 0 Å². The number of hydrogen-bond acceptors (Lipinski definition) is 5. The summed E-state index contributed by atoms with van der Waals surface area (Å²) in [7, 11) is 1.70. The summed E-state index contributed by atoms with van der Waals surface area (Å²) in [4.78, 5) is 32.6. The smallest absolute Gasteiger partial charge is 0.253 e. The summed E-state index contributed by atoms with van der Waals surface area (Å²) in [6.45, 7) is 8.65. The number of amides is 2. The van der Waals surface area contributed by atoms with Crippen LogP contribution in [0, 0.1) is 0 Å². The molecule has 2 fully saturated rings. The fourth-order valence-electron chi connectivity index (χ4n) is 6.43. The lowest BCUT2D eigenvalue weighted by Crippen LogP contribution is -2.56. The second kappa shape index (κ2) is 12.8. The van der Waals surface area contributed by atoms with E-state index in [-0.39, 0.29) is 17.7 Å². The third kappa shape index (κ3) is 5.96. The molecule has 0 aromatic heterocycles. The minimum absolute atomic E-state index is 0.0715. The summed E-state index contributed by atoms with van der Waals surface area (Å²) in [5, 5.41) is 3.10. The predicted octanol–water partition coefficient (Wildman–Crippen LogP) is 5.13. The molecule has 41 heavy (non-hydrogen) atoms. The van der Waals surface area contributed by atoms with Crippen molar-refractivity contribution in [3.05, 3.63) is 95.6 Å². The lowest BCUT2D eigenvalue weighted by atomic mass is 9.84. The van der Waals surface area contributed by atoms with E-state index in [4.69, 9.17) is 4.74 Å². The van der Waals surface area contributed by atoms with Crippen LogP contribution in [-0.4, -0.2) is 73.7 Å². The first-order valence-electron chi connectivity index (χ1n) is 14.9. The number of anilines is 1. The Labute approximate surface area is 244 Å². The average molecular weight is 555 g/mol. The number of methoxy groups -OCH3 is 1. The molecule has 0 radical (unpaired) electrons. The van der Waals surface area contributed by atoms with Crippen molar-refractivity contribution in [2.75, 3.05) is 51.4 Å². The molecule has 216 valence electrons. The fourth-order valence-corrected chi connectivity index (χ4v) is 6.43. The Morgan fingerprint density at radius 2 is 1.66 bits per heavy atom. The number of para-hydroxylation sites is 1. The molecule has 1 spiro atoms. The van der Waals surface area contributed by atoms with Crippen molar-refractivity contribution in [1.82, 2.24) is 15.1 Å². The maximum absolute atomic E-state index is 13.1. The van der Waals surface area contributed by atoms with Gasteiger partial charge in [-0.2, -0.15) is 0 Å². The van der Waals surface area contributed by atoms with E-state index >= 15 is 0 Å². The maximum Gasteiger partial charge on any atom is 0.253 e. The van der Waals surface area contributed by atoms with E-state index in [1.54, 1.807) is 7.11 Å². The normalized spacial score (nSPS) is 17.3. The summed E-state index contributed by atoms with van der Waals surface area (Å²) in [6.07, 6.45) is 2.54. The van der Waals surface area contributed by atoms with Gasteiger partial charge in [0.2, 0.25) is 5.91 Å². The van der Waals surface area contributed by atoms with Crippen LogP contribution in [0.2, 0.25) is 0 Å². The predicted molar refractivity (Wildman–Crippen MR) is 163 cm³/mol. The Kier molecular flexibility index (Phi) is 8.93. The summed E-state index contributed by atoms with van der Waals surface area (Å²) < 4.78 is 5.54. The minimum Gasteiger partial charge on any atom is -0.497 e. The van der Waals surface area contributed by atoms with E-state index in [0.29, 0.717) is 19.8 Å². The Morgan fingerprint density at radius 3 is 2.32 bits per heavy atom. The van der Waals surface area contributed by atoms with E-state index in [1.165, 1.54) is 11.1 Å². The minimum atomic E-state index is -0.475. The third-order valence-corrected chi connectivity index (χ3v) is 8.93. The molecule has 3 aromatic carbocycles. The number of benzene rings is 3. The van der Waals surface area contributed by atoms with Gasteiger partial charge in [0, 0.05) is 43.3 Å². The highest BCUT2D eigenvalue weighted by Gasteiger charge is 2.50. The topological polar surface area (TPSA) is 65.1 Å². The number of ether oxygens (including phenoxy) is 1. The average Bonchev–Trinajstić information content (AvgIpc) is 3.34. The first kappa shape index (κ1) is 28.7. The number of carbonyl (C=O) groups is 2. The SMILES string of the molecule is CCN(CC)C(=O)c1ccc(C(CCN2CCC3(CC2)C(=O)NCN3c2ccccc2)c2cccc(OC)c2)cc1. The zero-order valence-corrected chi connectivity index (χ0v) is 24.5. The van der Waals surface area contributed by atoms with E-state index in [2.05, 4.69) is 51.5 Å². The van der Waals surface area contributed by atoms with Gasteiger partial charge in [0.1, 0.15) is 11.3 Å². The molecule has 1 N–H and O–H groups in total. The lowest BCUT2D eigenvalue weighted by molar-refractivity contribution is -0.125. The van der Waals surface area contributed by atoms with Gasteiger partial charge in [-0.15, -0.1) is 0 Å². The first-order valence-corrected chi connectivity index (χ1v) is 14.9. The Balaban J connectivity index is 1.30.